The number of nitrogens with zero attached hydrogens (tertiary/aromatic N) is 10. The smallest absolute Gasteiger partial charge is 0.475 e. The normalized spacial score (nSPS) is 13.4. The quantitative estimate of drug-likeness (QED) is 0.319. The molecule has 0 aromatic carbocycles. The molecule has 1 aliphatic rings. The summed E-state index contributed by atoms with van der Waals surface area (Å²) in [7, 11) is 3.70. The molecule has 1 saturated heterocycles. The maximum atomic E-state index is 13.0. The van der Waals surface area contributed by atoms with E-state index in [1.165, 1.54) is 0 Å². The number of carboxylic acid groups (broad SMARTS) is 1. The number of aliphatic carboxylic acids is 1. The molecule has 0 spiro atoms. The van der Waals surface area contributed by atoms with Crippen LogP contribution in [-0.4, -0.2) is 88.4 Å². The second kappa shape index (κ2) is 12.1. The highest BCUT2D eigenvalue weighted by Gasteiger charge is 2.38. The van der Waals surface area contributed by atoms with E-state index in [9.17, 15) is 23.2 Å². The minimum absolute atomic E-state index is 0.0187. The molecule has 1 fully saturated rings. The van der Waals surface area contributed by atoms with E-state index in [1.807, 2.05) is 56.6 Å². The van der Waals surface area contributed by atoms with Crippen LogP contribution in [0.2, 0.25) is 0 Å². The summed E-state index contributed by atoms with van der Waals surface area (Å²) in [5.41, 5.74) is 6.32. The number of aromatic nitrogens is 7. The summed E-state index contributed by atoms with van der Waals surface area (Å²) in [5.74, 6) is -1.88. The van der Waals surface area contributed by atoms with Crippen molar-refractivity contribution < 1.29 is 27.9 Å². The van der Waals surface area contributed by atoms with Gasteiger partial charge in [-0.05, 0) is 25.1 Å². The summed E-state index contributed by atoms with van der Waals surface area (Å²) in [6.45, 7) is 4.48. The van der Waals surface area contributed by atoms with Gasteiger partial charge >= 0.3 is 12.1 Å². The fourth-order valence-electron chi connectivity index (χ4n) is 5.00. The minimum atomic E-state index is -5.08. The van der Waals surface area contributed by atoms with Crippen molar-refractivity contribution in [3.8, 4) is 28.3 Å². The molecule has 0 atom stereocenters. The number of alkyl halides is 3. The summed E-state index contributed by atoms with van der Waals surface area (Å²) in [5, 5.41) is 29.8. The van der Waals surface area contributed by atoms with Crippen molar-refractivity contribution in [2.75, 3.05) is 31.1 Å². The zero-order valence-corrected chi connectivity index (χ0v) is 24.4. The maximum absolute atomic E-state index is 13.0. The van der Waals surface area contributed by atoms with Crippen LogP contribution in [0.4, 0.5) is 19.0 Å². The van der Waals surface area contributed by atoms with Gasteiger partial charge in [-0.3, -0.25) is 14.2 Å². The number of carboxylic acids is 1. The van der Waals surface area contributed by atoms with Crippen molar-refractivity contribution in [3.63, 3.8) is 0 Å². The molecule has 5 aromatic rings. The first-order valence-corrected chi connectivity index (χ1v) is 13.6. The zero-order valence-electron chi connectivity index (χ0n) is 24.4. The van der Waals surface area contributed by atoms with Gasteiger partial charge in [0, 0.05) is 87.3 Å². The molecule has 1 amide bonds. The first kappa shape index (κ1) is 30.7. The van der Waals surface area contributed by atoms with E-state index in [0.29, 0.717) is 37.3 Å². The van der Waals surface area contributed by atoms with E-state index in [4.69, 9.17) is 14.9 Å². The van der Waals surface area contributed by atoms with Crippen LogP contribution in [0.5, 0.6) is 0 Å². The lowest BCUT2D eigenvalue weighted by Gasteiger charge is -2.35. The first-order chi connectivity index (χ1) is 21.3. The number of piperazine rings is 1. The van der Waals surface area contributed by atoms with Gasteiger partial charge in [0.1, 0.15) is 11.9 Å². The maximum Gasteiger partial charge on any atom is 0.490 e. The number of halogens is 3. The standard InChI is InChI=1S/C27H26N10O.C2HF3O2/c1-18-24(17-34(3)32-18)27(38)36-8-6-35(7-9-36)25-5-4-19(12-29-25)23-10-20(22-14-30-33(2)15-22)16-37-26(23)21(11-28)13-31-37;3-2(4,5)1(6)7/h4-5,10,12-17H,6-9H2,1-3H3;(H,6,7). The molecule has 0 unspecified atom stereocenters. The van der Waals surface area contributed by atoms with Gasteiger partial charge in [0.2, 0.25) is 0 Å². The van der Waals surface area contributed by atoms with Crippen LogP contribution in [0.3, 0.4) is 0 Å². The molecular weight excluding hydrogens is 593 g/mol. The average Bonchev–Trinajstić information content (AvgIpc) is 3.73. The van der Waals surface area contributed by atoms with E-state index in [2.05, 4.69) is 32.3 Å². The molecule has 1 aliphatic heterocycles. The van der Waals surface area contributed by atoms with Crippen molar-refractivity contribution in [3.05, 3.63) is 72.2 Å². The van der Waals surface area contributed by atoms with Crippen LogP contribution in [0, 0.1) is 18.3 Å². The molecule has 0 saturated carbocycles. The highest BCUT2D eigenvalue weighted by molar-refractivity contribution is 5.95. The predicted molar refractivity (Wildman–Crippen MR) is 155 cm³/mol. The van der Waals surface area contributed by atoms with E-state index in [1.54, 1.807) is 32.5 Å². The van der Waals surface area contributed by atoms with Gasteiger partial charge in [0.05, 0.1) is 34.7 Å². The molecule has 6 rings (SSSR count). The summed E-state index contributed by atoms with van der Waals surface area (Å²) in [6, 6.07) is 8.32. The minimum Gasteiger partial charge on any atom is -0.475 e. The molecular formula is C29H27F3N10O3. The molecule has 13 nitrogen and oxygen atoms in total. The monoisotopic (exact) mass is 620 g/mol. The Bertz CT molecular complexity index is 1910. The van der Waals surface area contributed by atoms with Crippen molar-refractivity contribution in [2.45, 2.75) is 13.1 Å². The first-order valence-electron chi connectivity index (χ1n) is 13.6. The number of hydrogen-bond acceptors (Lipinski definition) is 8. The molecule has 45 heavy (non-hydrogen) atoms. The van der Waals surface area contributed by atoms with Crippen molar-refractivity contribution in [1.29, 1.82) is 5.26 Å². The number of hydrogen-bond donors (Lipinski definition) is 1. The number of amides is 1. The summed E-state index contributed by atoms with van der Waals surface area (Å²) < 4.78 is 36.9. The third kappa shape index (κ3) is 6.47. The van der Waals surface area contributed by atoms with Crippen molar-refractivity contribution in [2.24, 2.45) is 14.1 Å². The van der Waals surface area contributed by atoms with Crippen LogP contribution < -0.4 is 4.90 Å². The topological polar surface area (TPSA) is 150 Å². The van der Waals surface area contributed by atoms with Crippen LogP contribution in [0.1, 0.15) is 21.6 Å². The Morgan fingerprint density at radius 3 is 2.18 bits per heavy atom. The number of nitriles is 1. The Kier molecular flexibility index (Phi) is 8.27. The number of carbonyl (C=O) groups is 2. The second-order valence-corrected chi connectivity index (χ2v) is 10.3. The molecule has 232 valence electrons. The largest absolute Gasteiger partial charge is 0.490 e. The number of carbonyl (C=O) groups excluding carboxylic acids is 1. The highest BCUT2D eigenvalue weighted by Crippen LogP contribution is 2.32. The van der Waals surface area contributed by atoms with Gasteiger partial charge in [0.15, 0.2) is 0 Å². The lowest BCUT2D eigenvalue weighted by atomic mass is 10.0. The Hall–Kier alpha value is -5.72. The van der Waals surface area contributed by atoms with Crippen LogP contribution >= 0.6 is 0 Å². The van der Waals surface area contributed by atoms with Crippen LogP contribution in [0.25, 0.3) is 27.8 Å². The average molecular weight is 621 g/mol. The SMILES string of the molecule is Cc1nn(C)cc1C(=O)N1CCN(c2ccc(-c3cc(-c4cnn(C)c4)cn4ncc(C#N)c34)cn2)CC1.O=C(O)C(F)(F)F. The number of fused-ring (bicyclic) bond motifs is 1. The van der Waals surface area contributed by atoms with Crippen LogP contribution in [-0.2, 0) is 18.9 Å². The van der Waals surface area contributed by atoms with Gasteiger partial charge in [-0.15, -0.1) is 0 Å². The second-order valence-electron chi connectivity index (χ2n) is 10.3. The number of aryl methyl sites for hydroxylation is 3. The van der Waals surface area contributed by atoms with Gasteiger partial charge < -0.3 is 14.9 Å². The molecule has 1 N–H and O–H groups in total. The lowest BCUT2D eigenvalue weighted by Crippen LogP contribution is -2.49. The Labute approximate surface area is 254 Å². The summed E-state index contributed by atoms with van der Waals surface area (Å²) in [6.07, 6.45) is 5.78. The van der Waals surface area contributed by atoms with Crippen molar-refractivity contribution >= 4 is 23.2 Å². The Morgan fingerprint density at radius 2 is 1.64 bits per heavy atom. The Balaban J connectivity index is 0.000000515. The predicted octanol–water partition coefficient (Wildman–Crippen LogP) is 3.31. The molecule has 6 heterocycles. The molecule has 5 aromatic heterocycles. The third-order valence-electron chi connectivity index (χ3n) is 7.21. The molecule has 0 radical (unpaired) electrons. The zero-order chi connectivity index (χ0) is 32.5. The molecule has 0 bridgehead atoms. The van der Waals surface area contributed by atoms with Gasteiger partial charge in [-0.2, -0.15) is 33.7 Å². The van der Waals surface area contributed by atoms with Gasteiger partial charge in [0.25, 0.3) is 5.91 Å². The number of anilines is 1. The van der Waals surface area contributed by atoms with E-state index in [-0.39, 0.29) is 5.91 Å². The van der Waals surface area contributed by atoms with Gasteiger partial charge in [-0.25, -0.2) is 14.3 Å². The van der Waals surface area contributed by atoms with E-state index in [0.717, 1.165) is 39.3 Å². The van der Waals surface area contributed by atoms with Crippen LogP contribution in [0.15, 0.2) is 55.4 Å². The fourth-order valence-corrected chi connectivity index (χ4v) is 5.00. The summed E-state index contributed by atoms with van der Waals surface area (Å²) in [4.78, 5) is 30.7. The third-order valence-corrected chi connectivity index (χ3v) is 7.21. The van der Waals surface area contributed by atoms with E-state index < -0.39 is 12.1 Å². The number of rotatable bonds is 4. The van der Waals surface area contributed by atoms with E-state index >= 15 is 0 Å². The van der Waals surface area contributed by atoms with Gasteiger partial charge in [-0.1, -0.05) is 0 Å². The number of pyridine rings is 2. The summed E-state index contributed by atoms with van der Waals surface area (Å²) >= 11 is 0. The Morgan fingerprint density at radius 1 is 0.933 bits per heavy atom. The molecule has 0 aliphatic carbocycles. The highest BCUT2D eigenvalue weighted by atomic mass is 19.4. The van der Waals surface area contributed by atoms with Crippen molar-refractivity contribution in [1.82, 2.24) is 39.1 Å². The molecule has 16 heteroatoms. The lowest BCUT2D eigenvalue weighted by molar-refractivity contribution is -0.192. The fraction of sp³-hybridized carbons (Fsp3) is 0.276.